The van der Waals surface area contributed by atoms with Crippen LogP contribution in [0.4, 0.5) is 0 Å². The van der Waals surface area contributed by atoms with Crippen molar-refractivity contribution in [2.75, 3.05) is 6.54 Å². The van der Waals surface area contributed by atoms with Crippen LogP contribution in [0.25, 0.3) is 0 Å². The molecular weight excluding hydrogens is 224 g/mol. The third-order valence-corrected chi connectivity index (χ3v) is 4.77. The average molecular weight is 250 g/mol. The van der Waals surface area contributed by atoms with Crippen LogP contribution in [0.1, 0.15) is 70.1 Å². The Bertz CT molecular complexity index is 378. The van der Waals surface area contributed by atoms with Crippen LogP contribution in [0.15, 0.2) is 0 Å². The Morgan fingerprint density at radius 3 is 2.33 bits per heavy atom. The van der Waals surface area contributed by atoms with E-state index < -0.39 is 0 Å². The molecular formula is C14H26N4. The quantitative estimate of drug-likeness (QED) is 0.874. The van der Waals surface area contributed by atoms with Crippen LogP contribution in [-0.2, 0) is 5.41 Å². The summed E-state index contributed by atoms with van der Waals surface area (Å²) < 4.78 is 2.38. The lowest BCUT2D eigenvalue weighted by atomic mass is 9.81. The average Bonchev–Trinajstić information content (AvgIpc) is 3.02. The van der Waals surface area contributed by atoms with E-state index in [0.29, 0.717) is 12.6 Å². The molecule has 4 heteroatoms. The minimum absolute atomic E-state index is 0.00382. The zero-order valence-corrected chi connectivity index (χ0v) is 11.9. The van der Waals surface area contributed by atoms with Crippen molar-refractivity contribution in [2.45, 2.75) is 70.8 Å². The van der Waals surface area contributed by atoms with E-state index in [1.165, 1.54) is 25.7 Å². The molecule has 0 aliphatic heterocycles. The van der Waals surface area contributed by atoms with Gasteiger partial charge in [0, 0.05) is 18.0 Å². The van der Waals surface area contributed by atoms with E-state index in [9.17, 15) is 0 Å². The first-order chi connectivity index (χ1) is 8.68. The molecule has 0 bridgehead atoms. The Morgan fingerprint density at radius 1 is 1.22 bits per heavy atom. The lowest BCUT2D eigenvalue weighted by Gasteiger charge is -2.31. The Balaban J connectivity index is 2.43. The standard InChI is InChI=1S/C14H26N4/c1-4-14(5-2,10-15)13-17-16-11(3)18(13)12-8-6-7-9-12/h12H,4-10,15H2,1-3H3. The largest absolute Gasteiger partial charge is 0.329 e. The first kappa shape index (κ1) is 13.5. The van der Waals surface area contributed by atoms with Crippen molar-refractivity contribution in [2.24, 2.45) is 5.73 Å². The molecule has 2 rings (SSSR count). The van der Waals surface area contributed by atoms with Gasteiger partial charge in [0.15, 0.2) is 0 Å². The van der Waals surface area contributed by atoms with E-state index in [2.05, 4.69) is 35.5 Å². The van der Waals surface area contributed by atoms with E-state index in [-0.39, 0.29) is 5.41 Å². The van der Waals surface area contributed by atoms with Gasteiger partial charge in [0.05, 0.1) is 0 Å². The molecule has 0 atom stereocenters. The number of hydrogen-bond donors (Lipinski definition) is 1. The van der Waals surface area contributed by atoms with Crippen LogP contribution in [0, 0.1) is 6.92 Å². The molecule has 1 aliphatic rings. The summed E-state index contributed by atoms with van der Waals surface area (Å²) >= 11 is 0. The van der Waals surface area contributed by atoms with E-state index in [1.807, 2.05) is 0 Å². The topological polar surface area (TPSA) is 56.7 Å². The second kappa shape index (κ2) is 5.39. The summed E-state index contributed by atoms with van der Waals surface area (Å²) in [7, 11) is 0. The molecule has 0 unspecified atom stereocenters. The van der Waals surface area contributed by atoms with Gasteiger partial charge < -0.3 is 10.3 Å². The fourth-order valence-corrected chi connectivity index (χ4v) is 3.28. The molecule has 0 aromatic carbocycles. The Morgan fingerprint density at radius 2 is 1.83 bits per heavy atom. The number of nitrogens with two attached hydrogens (primary N) is 1. The Kier molecular flexibility index (Phi) is 4.05. The van der Waals surface area contributed by atoms with Crippen molar-refractivity contribution in [3.63, 3.8) is 0 Å². The Labute approximate surface area is 110 Å². The molecule has 0 spiro atoms. The molecule has 2 N–H and O–H groups in total. The molecule has 0 radical (unpaired) electrons. The van der Waals surface area contributed by atoms with E-state index in [4.69, 9.17) is 5.73 Å². The zero-order chi connectivity index (χ0) is 13.2. The minimum atomic E-state index is 0.00382. The van der Waals surface area contributed by atoms with Crippen LogP contribution in [0.2, 0.25) is 0 Å². The number of aromatic nitrogens is 3. The van der Waals surface area contributed by atoms with Crippen molar-refractivity contribution in [3.8, 4) is 0 Å². The normalized spacial score (nSPS) is 17.6. The van der Waals surface area contributed by atoms with Gasteiger partial charge in [-0.1, -0.05) is 26.7 Å². The van der Waals surface area contributed by atoms with Gasteiger partial charge >= 0.3 is 0 Å². The molecule has 1 heterocycles. The van der Waals surface area contributed by atoms with Gasteiger partial charge in [-0.25, -0.2) is 0 Å². The first-order valence-electron chi connectivity index (χ1n) is 7.30. The number of hydrogen-bond acceptors (Lipinski definition) is 3. The molecule has 4 nitrogen and oxygen atoms in total. The minimum Gasteiger partial charge on any atom is -0.329 e. The zero-order valence-electron chi connectivity index (χ0n) is 11.9. The molecule has 1 aliphatic carbocycles. The van der Waals surface area contributed by atoms with Gasteiger partial charge in [0.1, 0.15) is 11.6 Å². The van der Waals surface area contributed by atoms with Crippen LogP contribution in [0.3, 0.4) is 0 Å². The van der Waals surface area contributed by atoms with Gasteiger partial charge in [-0.3, -0.25) is 0 Å². The van der Waals surface area contributed by atoms with Gasteiger partial charge in [0.2, 0.25) is 0 Å². The highest BCUT2D eigenvalue weighted by Gasteiger charge is 2.35. The SMILES string of the molecule is CCC(CC)(CN)c1nnc(C)n1C1CCCC1. The summed E-state index contributed by atoms with van der Waals surface area (Å²) in [6.45, 7) is 7.14. The molecule has 0 saturated heterocycles. The maximum atomic E-state index is 6.06. The summed E-state index contributed by atoms with van der Waals surface area (Å²) in [5.74, 6) is 2.18. The summed E-state index contributed by atoms with van der Waals surface area (Å²) in [6.07, 6.45) is 7.25. The van der Waals surface area contributed by atoms with Crippen molar-refractivity contribution in [1.29, 1.82) is 0 Å². The molecule has 1 aromatic rings. The van der Waals surface area contributed by atoms with Crippen molar-refractivity contribution in [1.82, 2.24) is 14.8 Å². The molecule has 0 amide bonds. The molecule has 18 heavy (non-hydrogen) atoms. The Hall–Kier alpha value is -0.900. The monoisotopic (exact) mass is 250 g/mol. The van der Waals surface area contributed by atoms with Crippen LogP contribution in [0.5, 0.6) is 0 Å². The summed E-state index contributed by atoms with van der Waals surface area (Å²) in [6, 6.07) is 0.596. The number of nitrogens with zero attached hydrogens (tertiary/aromatic N) is 3. The highest BCUT2D eigenvalue weighted by molar-refractivity contribution is 5.13. The van der Waals surface area contributed by atoms with Gasteiger partial charge in [-0.2, -0.15) is 0 Å². The van der Waals surface area contributed by atoms with Crippen LogP contribution >= 0.6 is 0 Å². The third-order valence-electron chi connectivity index (χ3n) is 4.77. The lowest BCUT2D eigenvalue weighted by Crippen LogP contribution is -2.37. The summed E-state index contributed by atoms with van der Waals surface area (Å²) in [5.41, 5.74) is 6.06. The molecule has 102 valence electrons. The van der Waals surface area contributed by atoms with Gasteiger partial charge in [-0.15, -0.1) is 10.2 Å². The molecule has 1 aromatic heterocycles. The summed E-state index contributed by atoms with van der Waals surface area (Å²) in [4.78, 5) is 0. The number of aryl methyl sites for hydroxylation is 1. The fourth-order valence-electron chi connectivity index (χ4n) is 3.28. The second-order valence-corrected chi connectivity index (χ2v) is 5.57. The molecule has 1 fully saturated rings. The first-order valence-corrected chi connectivity index (χ1v) is 7.30. The highest BCUT2D eigenvalue weighted by Crippen LogP contribution is 2.36. The van der Waals surface area contributed by atoms with Crippen molar-refractivity contribution in [3.05, 3.63) is 11.6 Å². The van der Waals surface area contributed by atoms with E-state index in [1.54, 1.807) is 0 Å². The van der Waals surface area contributed by atoms with Crippen LogP contribution < -0.4 is 5.73 Å². The maximum absolute atomic E-state index is 6.06. The van der Waals surface area contributed by atoms with Crippen molar-refractivity contribution >= 4 is 0 Å². The third kappa shape index (κ3) is 2.07. The van der Waals surface area contributed by atoms with E-state index >= 15 is 0 Å². The summed E-state index contributed by atoms with van der Waals surface area (Å²) in [5, 5.41) is 8.81. The van der Waals surface area contributed by atoms with E-state index in [0.717, 1.165) is 24.5 Å². The van der Waals surface area contributed by atoms with Crippen LogP contribution in [-0.4, -0.2) is 21.3 Å². The lowest BCUT2D eigenvalue weighted by molar-refractivity contribution is 0.344. The highest BCUT2D eigenvalue weighted by atomic mass is 15.3. The van der Waals surface area contributed by atoms with Gasteiger partial charge in [0.25, 0.3) is 0 Å². The smallest absolute Gasteiger partial charge is 0.140 e. The van der Waals surface area contributed by atoms with Crippen molar-refractivity contribution < 1.29 is 0 Å². The second-order valence-electron chi connectivity index (χ2n) is 5.57. The fraction of sp³-hybridized carbons (Fsp3) is 0.857. The predicted molar refractivity (Wildman–Crippen MR) is 73.6 cm³/mol. The maximum Gasteiger partial charge on any atom is 0.140 e. The van der Waals surface area contributed by atoms with Gasteiger partial charge in [-0.05, 0) is 32.6 Å². The number of rotatable bonds is 5. The predicted octanol–water partition coefficient (Wildman–Crippen LogP) is 2.72. The molecule has 1 saturated carbocycles.